The molecule has 0 bridgehead atoms. The second kappa shape index (κ2) is 6.41. The van der Waals surface area contributed by atoms with Crippen LogP contribution in [0.3, 0.4) is 0 Å². The first-order valence-electron chi connectivity index (χ1n) is 5.63. The number of hydrogen-bond acceptors (Lipinski definition) is 2. The minimum atomic E-state index is 0.0388. The second-order valence-electron chi connectivity index (χ2n) is 5.03. The van der Waals surface area contributed by atoms with Crippen molar-refractivity contribution in [1.29, 1.82) is 0 Å². The van der Waals surface area contributed by atoms with E-state index in [4.69, 9.17) is 4.74 Å². The maximum atomic E-state index is 5.40. The van der Waals surface area contributed by atoms with Gasteiger partial charge in [0, 0.05) is 13.2 Å². The van der Waals surface area contributed by atoms with Crippen molar-refractivity contribution in [1.82, 2.24) is 5.32 Å². The van der Waals surface area contributed by atoms with E-state index in [0.29, 0.717) is 6.04 Å². The normalized spacial score (nSPS) is 16.7. The molecule has 2 unspecified atom stereocenters. The lowest BCUT2D eigenvalue weighted by Gasteiger charge is -2.25. The molecular formula is C12H27NO. The number of methoxy groups -OCH3 is 1. The van der Waals surface area contributed by atoms with Gasteiger partial charge >= 0.3 is 0 Å². The molecule has 0 fully saturated rings. The fraction of sp³-hybridized carbons (Fsp3) is 1.00. The molecule has 0 aliphatic heterocycles. The van der Waals surface area contributed by atoms with Crippen LogP contribution in [0, 0.1) is 5.92 Å². The fourth-order valence-corrected chi connectivity index (χ4v) is 1.54. The Labute approximate surface area is 89.4 Å². The first-order valence-corrected chi connectivity index (χ1v) is 5.63. The molecule has 2 nitrogen and oxygen atoms in total. The molecule has 1 N–H and O–H groups in total. The van der Waals surface area contributed by atoms with Gasteiger partial charge in [-0.05, 0) is 53.0 Å². The lowest BCUT2D eigenvalue weighted by Crippen LogP contribution is -2.26. The van der Waals surface area contributed by atoms with Crippen LogP contribution < -0.4 is 5.32 Å². The van der Waals surface area contributed by atoms with Crippen LogP contribution in [0.4, 0.5) is 0 Å². The smallest absolute Gasteiger partial charge is 0.0622 e. The summed E-state index contributed by atoms with van der Waals surface area (Å²) in [5.74, 6) is 0.770. The molecular weight excluding hydrogens is 174 g/mol. The molecule has 0 heterocycles. The molecule has 86 valence electrons. The van der Waals surface area contributed by atoms with Crippen molar-refractivity contribution in [2.45, 2.75) is 58.6 Å². The molecule has 2 atom stereocenters. The quantitative estimate of drug-likeness (QED) is 0.684. The molecule has 0 aromatic rings. The number of ether oxygens (including phenoxy) is 1. The van der Waals surface area contributed by atoms with E-state index in [2.05, 4.69) is 33.0 Å². The number of nitrogens with one attached hydrogen (secondary N) is 1. The van der Waals surface area contributed by atoms with E-state index in [1.54, 1.807) is 7.11 Å². The van der Waals surface area contributed by atoms with E-state index in [1.807, 2.05) is 7.05 Å². The van der Waals surface area contributed by atoms with E-state index < -0.39 is 0 Å². The minimum Gasteiger partial charge on any atom is -0.379 e. The van der Waals surface area contributed by atoms with Crippen molar-refractivity contribution in [3.8, 4) is 0 Å². The Kier molecular flexibility index (Phi) is 6.38. The van der Waals surface area contributed by atoms with Crippen LogP contribution in [0.2, 0.25) is 0 Å². The third kappa shape index (κ3) is 6.39. The van der Waals surface area contributed by atoms with Gasteiger partial charge in [0.2, 0.25) is 0 Å². The maximum absolute atomic E-state index is 5.40. The van der Waals surface area contributed by atoms with Crippen molar-refractivity contribution in [3.05, 3.63) is 0 Å². The molecule has 0 aromatic carbocycles. The highest BCUT2D eigenvalue weighted by atomic mass is 16.5. The molecule has 2 heteroatoms. The van der Waals surface area contributed by atoms with Crippen molar-refractivity contribution >= 4 is 0 Å². The summed E-state index contributed by atoms with van der Waals surface area (Å²) in [5, 5.41) is 3.28. The predicted octanol–water partition coefficient (Wildman–Crippen LogP) is 2.83. The monoisotopic (exact) mass is 201 g/mol. The van der Waals surface area contributed by atoms with Crippen LogP contribution in [0.5, 0.6) is 0 Å². The summed E-state index contributed by atoms with van der Waals surface area (Å²) >= 11 is 0. The van der Waals surface area contributed by atoms with Crippen LogP contribution in [-0.2, 0) is 4.74 Å². The zero-order valence-electron chi connectivity index (χ0n) is 10.7. The first-order chi connectivity index (χ1) is 6.41. The Morgan fingerprint density at radius 3 is 2.29 bits per heavy atom. The van der Waals surface area contributed by atoms with Crippen LogP contribution in [0.1, 0.15) is 47.0 Å². The first kappa shape index (κ1) is 13.9. The van der Waals surface area contributed by atoms with E-state index >= 15 is 0 Å². The van der Waals surface area contributed by atoms with Gasteiger partial charge in [-0.1, -0.05) is 6.92 Å². The summed E-state index contributed by atoms with van der Waals surface area (Å²) in [5.41, 5.74) is 0.0388. The fourth-order valence-electron chi connectivity index (χ4n) is 1.54. The number of rotatable bonds is 7. The average Bonchev–Trinajstić information content (AvgIpc) is 2.15. The van der Waals surface area contributed by atoms with E-state index in [1.165, 1.54) is 12.8 Å². The minimum absolute atomic E-state index is 0.0388. The summed E-state index contributed by atoms with van der Waals surface area (Å²) in [7, 11) is 3.82. The molecule has 0 aliphatic carbocycles. The van der Waals surface area contributed by atoms with Crippen LogP contribution in [-0.4, -0.2) is 25.8 Å². The Hall–Kier alpha value is -0.0800. The van der Waals surface area contributed by atoms with Gasteiger partial charge in [-0.25, -0.2) is 0 Å². The summed E-state index contributed by atoms with van der Waals surface area (Å²) in [6.07, 6.45) is 3.63. The van der Waals surface area contributed by atoms with Gasteiger partial charge in [0.05, 0.1) is 5.60 Å². The van der Waals surface area contributed by atoms with Gasteiger partial charge in [0.1, 0.15) is 0 Å². The zero-order valence-corrected chi connectivity index (χ0v) is 10.7. The van der Waals surface area contributed by atoms with Gasteiger partial charge in [0.25, 0.3) is 0 Å². The highest BCUT2D eigenvalue weighted by Gasteiger charge is 2.18. The third-order valence-corrected chi connectivity index (χ3v) is 3.04. The molecule has 0 rings (SSSR count). The lowest BCUT2D eigenvalue weighted by atomic mass is 9.92. The molecule has 14 heavy (non-hydrogen) atoms. The highest BCUT2D eigenvalue weighted by molar-refractivity contribution is 4.71. The zero-order chi connectivity index (χ0) is 11.2. The van der Waals surface area contributed by atoms with Crippen LogP contribution in [0.25, 0.3) is 0 Å². The Morgan fingerprint density at radius 1 is 1.29 bits per heavy atom. The van der Waals surface area contributed by atoms with Gasteiger partial charge in [-0.15, -0.1) is 0 Å². The largest absolute Gasteiger partial charge is 0.379 e. The standard InChI is InChI=1S/C12H27NO/c1-10(9-11(2)13-5)7-8-12(3,4)14-6/h10-11,13H,7-9H2,1-6H3. The SMILES string of the molecule is CNC(C)CC(C)CCC(C)(C)OC. The number of hydrogen-bond donors (Lipinski definition) is 1. The summed E-state index contributed by atoms with van der Waals surface area (Å²) in [6.45, 7) is 8.86. The second-order valence-corrected chi connectivity index (χ2v) is 5.03. The Morgan fingerprint density at radius 2 is 1.86 bits per heavy atom. The predicted molar refractivity (Wildman–Crippen MR) is 62.6 cm³/mol. The van der Waals surface area contributed by atoms with E-state index in [9.17, 15) is 0 Å². The highest BCUT2D eigenvalue weighted by Crippen LogP contribution is 2.21. The molecule has 0 saturated carbocycles. The average molecular weight is 201 g/mol. The molecule has 0 amide bonds. The summed E-state index contributed by atoms with van der Waals surface area (Å²) < 4.78 is 5.40. The summed E-state index contributed by atoms with van der Waals surface area (Å²) in [4.78, 5) is 0. The van der Waals surface area contributed by atoms with Crippen molar-refractivity contribution < 1.29 is 4.74 Å². The van der Waals surface area contributed by atoms with E-state index in [-0.39, 0.29) is 5.60 Å². The van der Waals surface area contributed by atoms with Crippen molar-refractivity contribution in [2.75, 3.05) is 14.2 Å². The van der Waals surface area contributed by atoms with Gasteiger partial charge in [-0.2, -0.15) is 0 Å². The Bertz CT molecular complexity index is 145. The lowest BCUT2D eigenvalue weighted by molar-refractivity contribution is 0.0104. The molecule has 0 aromatic heterocycles. The molecule has 0 aliphatic rings. The van der Waals surface area contributed by atoms with Crippen LogP contribution in [0.15, 0.2) is 0 Å². The van der Waals surface area contributed by atoms with Gasteiger partial charge in [0.15, 0.2) is 0 Å². The van der Waals surface area contributed by atoms with E-state index in [0.717, 1.165) is 12.3 Å². The molecule has 0 radical (unpaired) electrons. The summed E-state index contributed by atoms with van der Waals surface area (Å²) in [6, 6.07) is 0.621. The van der Waals surface area contributed by atoms with Crippen molar-refractivity contribution in [2.24, 2.45) is 5.92 Å². The van der Waals surface area contributed by atoms with Gasteiger partial charge in [-0.3, -0.25) is 0 Å². The molecule has 0 spiro atoms. The van der Waals surface area contributed by atoms with Gasteiger partial charge < -0.3 is 10.1 Å². The topological polar surface area (TPSA) is 21.3 Å². The van der Waals surface area contributed by atoms with Crippen molar-refractivity contribution in [3.63, 3.8) is 0 Å². The third-order valence-electron chi connectivity index (χ3n) is 3.04. The van der Waals surface area contributed by atoms with Crippen LogP contribution >= 0.6 is 0 Å². The maximum Gasteiger partial charge on any atom is 0.0622 e. The molecule has 0 saturated heterocycles. The Balaban J connectivity index is 3.68.